The summed E-state index contributed by atoms with van der Waals surface area (Å²) in [6.07, 6.45) is 0. The fourth-order valence-electron chi connectivity index (χ4n) is 1.58. The summed E-state index contributed by atoms with van der Waals surface area (Å²) in [6, 6.07) is 8.20. The average Bonchev–Trinajstić information content (AvgIpc) is 2.71. The van der Waals surface area contributed by atoms with Gasteiger partial charge in [0.25, 0.3) is 10.0 Å². The fourth-order valence-corrected chi connectivity index (χ4v) is 4.29. The summed E-state index contributed by atoms with van der Waals surface area (Å²) in [5, 5.41) is 0.477. The van der Waals surface area contributed by atoms with Crippen molar-refractivity contribution in [3.05, 3.63) is 45.8 Å². The Balaban J connectivity index is 2.32. The molecule has 0 fully saturated rings. The molecule has 2 aromatic rings. The molecule has 0 bridgehead atoms. The van der Waals surface area contributed by atoms with Gasteiger partial charge in [-0.2, -0.15) is 0 Å². The van der Waals surface area contributed by atoms with E-state index in [0.29, 0.717) is 17.3 Å². The molecule has 3 N–H and O–H groups in total. The van der Waals surface area contributed by atoms with Gasteiger partial charge in [0.15, 0.2) is 0 Å². The van der Waals surface area contributed by atoms with E-state index in [1.165, 1.54) is 11.3 Å². The number of aryl methyl sites for hydroxylation is 1. The maximum Gasteiger partial charge on any atom is 0.271 e. The van der Waals surface area contributed by atoms with Crippen LogP contribution in [0.25, 0.3) is 0 Å². The number of sulfonamides is 1. The van der Waals surface area contributed by atoms with Crippen molar-refractivity contribution in [2.24, 2.45) is 5.73 Å². The second-order valence-electron chi connectivity index (χ2n) is 3.99. The summed E-state index contributed by atoms with van der Waals surface area (Å²) < 4.78 is 27.2. The van der Waals surface area contributed by atoms with Gasteiger partial charge in [-0.1, -0.05) is 17.7 Å². The third-order valence-electron chi connectivity index (χ3n) is 2.53. The largest absolute Gasteiger partial charge is 0.326 e. The van der Waals surface area contributed by atoms with E-state index in [1.807, 2.05) is 6.92 Å². The van der Waals surface area contributed by atoms with Crippen LogP contribution in [0.15, 0.2) is 34.5 Å². The maximum absolute atomic E-state index is 12.2. The zero-order chi connectivity index (χ0) is 14.0. The quantitative estimate of drug-likeness (QED) is 0.911. The molecule has 102 valence electrons. The highest BCUT2D eigenvalue weighted by Gasteiger charge is 2.18. The molecule has 0 atom stereocenters. The van der Waals surface area contributed by atoms with Crippen molar-refractivity contribution in [2.75, 3.05) is 4.72 Å². The molecule has 0 radical (unpaired) electrons. The molecule has 1 aromatic carbocycles. The molecule has 7 heteroatoms. The van der Waals surface area contributed by atoms with Crippen LogP contribution < -0.4 is 10.5 Å². The van der Waals surface area contributed by atoms with Gasteiger partial charge in [0, 0.05) is 16.4 Å². The molecule has 4 nitrogen and oxygen atoms in total. The lowest BCUT2D eigenvalue weighted by molar-refractivity contribution is 0.603. The SMILES string of the molecule is Cc1cc(S(=O)(=O)Nc2cccc(Cl)c2)sc1CN. The van der Waals surface area contributed by atoms with Crippen molar-refractivity contribution < 1.29 is 8.42 Å². The smallest absolute Gasteiger partial charge is 0.271 e. The first-order valence-electron chi connectivity index (χ1n) is 5.50. The maximum atomic E-state index is 12.2. The lowest BCUT2D eigenvalue weighted by Crippen LogP contribution is -2.11. The van der Waals surface area contributed by atoms with Crippen molar-refractivity contribution in [2.45, 2.75) is 17.7 Å². The molecular weight excluding hydrogens is 304 g/mol. The van der Waals surface area contributed by atoms with Crippen LogP contribution in [0.2, 0.25) is 5.02 Å². The van der Waals surface area contributed by atoms with Crippen molar-refractivity contribution in [3.63, 3.8) is 0 Å². The Bertz CT molecular complexity index is 696. The molecule has 0 unspecified atom stereocenters. The lowest BCUT2D eigenvalue weighted by atomic mass is 10.3. The van der Waals surface area contributed by atoms with Crippen LogP contribution >= 0.6 is 22.9 Å². The van der Waals surface area contributed by atoms with Crippen molar-refractivity contribution in [1.29, 1.82) is 0 Å². The summed E-state index contributed by atoms with van der Waals surface area (Å²) >= 11 is 7.00. The van der Waals surface area contributed by atoms with E-state index in [9.17, 15) is 8.42 Å². The minimum absolute atomic E-state index is 0.255. The van der Waals surface area contributed by atoms with Crippen LogP contribution in [-0.4, -0.2) is 8.42 Å². The van der Waals surface area contributed by atoms with Gasteiger partial charge in [-0.3, -0.25) is 4.72 Å². The summed E-state index contributed by atoms with van der Waals surface area (Å²) in [6.45, 7) is 2.18. The molecule has 0 spiro atoms. The predicted octanol–water partition coefficient (Wildman–Crippen LogP) is 2.97. The Labute approximate surface area is 121 Å². The average molecular weight is 317 g/mol. The zero-order valence-corrected chi connectivity index (χ0v) is 12.6. The number of benzene rings is 1. The number of nitrogens with one attached hydrogen (secondary N) is 1. The van der Waals surface area contributed by atoms with E-state index >= 15 is 0 Å². The summed E-state index contributed by atoms with van der Waals surface area (Å²) in [5.41, 5.74) is 6.88. The molecule has 0 aliphatic heterocycles. The van der Waals surface area contributed by atoms with Crippen molar-refractivity contribution in [1.82, 2.24) is 0 Å². The van der Waals surface area contributed by atoms with Gasteiger partial charge in [-0.15, -0.1) is 11.3 Å². The Kier molecular flexibility index (Phi) is 4.15. The number of hydrogen-bond acceptors (Lipinski definition) is 4. The van der Waals surface area contributed by atoms with Crippen LogP contribution in [0.4, 0.5) is 5.69 Å². The first kappa shape index (κ1) is 14.3. The second kappa shape index (κ2) is 5.50. The van der Waals surface area contributed by atoms with E-state index in [-0.39, 0.29) is 4.21 Å². The molecule has 0 amide bonds. The fraction of sp³-hybridized carbons (Fsp3) is 0.167. The van der Waals surface area contributed by atoms with Gasteiger partial charge in [0.05, 0.1) is 5.69 Å². The normalized spacial score (nSPS) is 11.5. The van der Waals surface area contributed by atoms with Gasteiger partial charge in [-0.25, -0.2) is 8.42 Å². The monoisotopic (exact) mass is 316 g/mol. The Morgan fingerprint density at radius 3 is 2.68 bits per heavy atom. The van der Waals surface area contributed by atoms with E-state index in [1.54, 1.807) is 30.3 Å². The molecule has 19 heavy (non-hydrogen) atoms. The minimum Gasteiger partial charge on any atom is -0.326 e. The van der Waals surface area contributed by atoms with Gasteiger partial charge in [0.1, 0.15) is 4.21 Å². The van der Waals surface area contributed by atoms with Crippen LogP contribution in [-0.2, 0) is 16.6 Å². The molecule has 1 heterocycles. The molecule has 0 saturated heterocycles. The Hall–Kier alpha value is -1.08. The van der Waals surface area contributed by atoms with Crippen LogP contribution in [0.5, 0.6) is 0 Å². The molecule has 0 aliphatic carbocycles. The van der Waals surface area contributed by atoms with Crippen LogP contribution in [0, 0.1) is 6.92 Å². The zero-order valence-electron chi connectivity index (χ0n) is 10.2. The van der Waals surface area contributed by atoms with Crippen LogP contribution in [0.3, 0.4) is 0 Å². The number of hydrogen-bond donors (Lipinski definition) is 2. The third kappa shape index (κ3) is 3.27. The van der Waals surface area contributed by atoms with E-state index < -0.39 is 10.0 Å². The number of halogens is 1. The number of anilines is 1. The predicted molar refractivity (Wildman–Crippen MR) is 79.2 cm³/mol. The van der Waals surface area contributed by atoms with Gasteiger partial charge >= 0.3 is 0 Å². The molecular formula is C12H13ClN2O2S2. The van der Waals surface area contributed by atoms with Gasteiger partial charge < -0.3 is 5.73 Å². The highest BCUT2D eigenvalue weighted by atomic mass is 35.5. The van der Waals surface area contributed by atoms with E-state index in [4.69, 9.17) is 17.3 Å². The summed E-state index contributed by atoms with van der Waals surface area (Å²) in [4.78, 5) is 0.867. The topological polar surface area (TPSA) is 72.2 Å². The van der Waals surface area contributed by atoms with Crippen LogP contribution in [0.1, 0.15) is 10.4 Å². The molecule has 0 aliphatic rings. The molecule has 1 aromatic heterocycles. The van der Waals surface area contributed by atoms with Gasteiger partial charge in [-0.05, 0) is 36.8 Å². The second-order valence-corrected chi connectivity index (χ2v) is 7.47. The molecule has 0 saturated carbocycles. The summed E-state index contributed by atoms with van der Waals surface area (Å²) in [5.74, 6) is 0. The van der Waals surface area contributed by atoms with Gasteiger partial charge in [0.2, 0.25) is 0 Å². The first-order valence-corrected chi connectivity index (χ1v) is 8.18. The minimum atomic E-state index is -3.59. The number of nitrogens with two attached hydrogens (primary N) is 1. The van der Waals surface area contributed by atoms with E-state index in [2.05, 4.69) is 4.72 Å². The number of rotatable bonds is 4. The highest BCUT2D eigenvalue weighted by Crippen LogP contribution is 2.27. The lowest BCUT2D eigenvalue weighted by Gasteiger charge is -2.06. The van der Waals surface area contributed by atoms with Crippen molar-refractivity contribution in [3.8, 4) is 0 Å². The first-order chi connectivity index (χ1) is 8.92. The highest BCUT2D eigenvalue weighted by molar-refractivity contribution is 7.94. The third-order valence-corrected chi connectivity index (χ3v) is 5.87. The Morgan fingerprint density at radius 2 is 2.11 bits per heavy atom. The standard InChI is InChI=1S/C12H13ClN2O2S2/c1-8-5-12(18-11(8)7-14)19(16,17)15-10-4-2-3-9(13)6-10/h2-6,15H,7,14H2,1H3. The Morgan fingerprint density at radius 1 is 1.37 bits per heavy atom. The van der Waals surface area contributed by atoms with Crippen molar-refractivity contribution >= 4 is 38.6 Å². The number of thiophene rings is 1. The van der Waals surface area contributed by atoms with E-state index in [0.717, 1.165) is 10.4 Å². The summed E-state index contributed by atoms with van der Waals surface area (Å²) in [7, 11) is -3.59. The molecule has 2 rings (SSSR count).